The average Bonchev–Trinajstić information content (AvgIpc) is 2.62. The van der Waals surface area contributed by atoms with E-state index in [0.29, 0.717) is 0 Å². The predicted molar refractivity (Wildman–Crippen MR) is 86.4 cm³/mol. The van der Waals surface area contributed by atoms with Gasteiger partial charge in [0.2, 0.25) is 5.91 Å². The van der Waals surface area contributed by atoms with Gasteiger partial charge in [-0.1, -0.05) is 30.3 Å². The maximum Gasteiger partial charge on any atom is 0.229 e. The van der Waals surface area contributed by atoms with Crippen LogP contribution in [-0.2, 0) is 4.79 Å². The number of carbonyl (C=O) groups excluding carboxylic acids is 1. The highest BCUT2D eigenvalue weighted by atomic mass is 16.2. The lowest BCUT2D eigenvalue weighted by molar-refractivity contribution is -0.133. The number of amides is 1. The van der Waals surface area contributed by atoms with Gasteiger partial charge >= 0.3 is 0 Å². The van der Waals surface area contributed by atoms with E-state index in [2.05, 4.69) is 16.5 Å². The third kappa shape index (κ3) is 3.02. The Morgan fingerprint density at radius 1 is 1.23 bits per heavy atom. The van der Waals surface area contributed by atoms with Crippen LogP contribution in [0.25, 0.3) is 11.1 Å². The van der Waals surface area contributed by atoms with Crippen molar-refractivity contribution < 1.29 is 4.79 Å². The van der Waals surface area contributed by atoms with Gasteiger partial charge in [0.15, 0.2) is 0 Å². The number of aromatic nitrogens is 1. The molecule has 1 amide bonds. The molecule has 4 heteroatoms. The molecule has 1 saturated heterocycles. The normalized spacial score (nSPS) is 16.3. The highest BCUT2D eigenvalue weighted by molar-refractivity contribution is 5.86. The number of nitrogens with zero attached hydrogens (tertiary/aromatic N) is 2. The minimum atomic E-state index is -0.164. The molecule has 1 aromatic carbocycles. The third-order valence-electron chi connectivity index (χ3n) is 4.13. The smallest absolute Gasteiger partial charge is 0.229 e. The summed E-state index contributed by atoms with van der Waals surface area (Å²) in [6.07, 6.45) is 4.72. The molecule has 1 N–H and O–H groups in total. The lowest BCUT2D eigenvalue weighted by Gasteiger charge is -2.30. The van der Waals surface area contributed by atoms with Crippen LogP contribution in [-0.4, -0.2) is 42.0 Å². The molecule has 3 rings (SSSR count). The van der Waals surface area contributed by atoms with Gasteiger partial charge < -0.3 is 10.2 Å². The first-order chi connectivity index (χ1) is 10.8. The molecular formula is C18H20N3O. The maximum absolute atomic E-state index is 12.8. The van der Waals surface area contributed by atoms with Crippen molar-refractivity contribution in [2.45, 2.75) is 12.8 Å². The molecule has 1 atom stereocenters. The van der Waals surface area contributed by atoms with Gasteiger partial charge in [-0.15, -0.1) is 0 Å². The fourth-order valence-electron chi connectivity index (χ4n) is 2.89. The second-order valence-electron chi connectivity index (χ2n) is 5.55. The number of benzene rings is 1. The van der Waals surface area contributed by atoms with Crippen LogP contribution in [0.4, 0.5) is 0 Å². The summed E-state index contributed by atoms with van der Waals surface area (Å²) in [4.78, 5) is 18.8. The van der Waals surface area contributed by atoms with Crippen molar-refractivity contribution in [2.75, 3.05) is 26.2 Å². The summed E-state index contributed by atoms with van der Waals surface area (Å²) >= 11 is 0. The third-order valence-corrected chi connectivity index (χ3v) is 4.13. The lowest BCUT2D eigenvalue weighted by Crippen LogP contribution is -2.47. The molecule has 113 valence electrons. The molecule has 2 heterocycles. The number of rotatable bonds is 3. The number of hydrogen-bond acceptors (Lipinski definition) is 3. The van der Waals surface area contributed by atoms with E-state index in [0.717, 1.165) is 42.9 Å². The molecule has 0 bridgehead atoms. The molecule has 0 spiro atoms. The van der Waals surface area contributed by atoms with E-state index in [1.54, 1.807) is 6.20 Å². The molecule has 22 heavy (non-hydrogen) atoms. The van der Waals surface area contributed by atoms with Crippen LogP contribution in [0.3, 0.4) is 0 Å². The molecule has 1 aromatic heterocycles. The first kappa shape index (κ1) is 14.7. The summed E-state index contributed by atoms with van der Waals surface area (Å²) in [7, 11) is 0. The Morgan fingerprint density at radius 3 is 2.73 bits per heavy atom. The number of nitrogens with one attached hydrogen (secondary N) is 1. The SMILES string of the molecule is CC(C(=O)N1CCNCC1)c1ccccc1-c1[c]nccc1. The van der Waals surface area contributed by atoms with Gasteiger partial charge in [0, 0.05) is 37.9 Å². The van der Waals surface area contributed by atoms with Gasteiger partial charge in [0.25, 0.3) is 0 Å². The summed E-state index contributed by atoms with van der Waals surface area (Å²) in [5, 5.41) is 3.28. The van der Waals surface area contributed by atoms with Crippen LogP contribution in [0.1, 0.15) is 18.4 Å². The van der Waals surface area contributed by atoms with E-state index in [-0.39, 0.29) is 11.8 Å². The van der Waals surface area contributed by atoms with E-state index >= 15 is 0 Å². The van der Waals surface area contributed by atoms with Crippen molar-refractivity contribution in [1.29, 1.82) is 0 Å². The monoisotopic (exact) mass is 294 g/mol. The van der Waals surface area contributed by atoms with Crippen molar-refractivity contribution in [3.63, 3.8) is 0 Å². The number of piperazine rings is 1. The minimum Gasteiger partial charge on any atom is -0.340 e. The van der Waals surface area contributed by atoms with E-state index in [9.17, 15) is 4.79 Å². The maximum atomic E-state index is 12.8. The molecule has 4 nitrogen and oxygen atoms in total. The zero-order valence-corrected chi connectivity index (χ0v) is 12.7. The van der Waals surface area contributed by atoms with Crippen molar-refractivity contribution in [2.24, 2.45) is 0 Å². The van der Waals surface area contributed by atoms with Crippen LogP contribution >= 0.6 is 0 Å². The summed E-state index contributed by atoms with van der Waals surface area (Å²) in [6.45, 7) is 5.29. The van der Waals surface area contributed by atoms with Gasteiger partial charge in [-0.3, -0.25) is 9.78 Å². The number of hydrogen-bond donors (Lipinski definition) is 1. The van der Waals surface area contributed by atoms with Crippen molar-refractivity contribution in [3.8, 4) is 11.1 Å². The standard InChI is InChI=1S/C18H20N3O/c1-14(18(22)21-11-9-19-10-12-21)16-6-2-3-7-17(16)15-5-4-8-20-13-15/h2-8,14,19H,9-12H2,1H3. The van der Waals surface area contributed by atoms with Gasteiger partial charge in [0.05, 0.1) is 12.1 Å². The van der Waals surface area contributed by atoms with Gasteiger partial charge in [-0.25, -0.2) is 0 Å². The first-order valence-electron chi connectivity index (χ1n) is 7.69. The Kier molecular flexibility index (Phi) is 4.49. The van der Waals surface area contributed by atoms with Gasteiger partial charge in [-0.05, 0) is 24.1 Å². The Bertz CT molecular complexity index is 636. The molecule has 0 saturated carbocycles. The van der Waals surface area contributed by atoms with Crippen molar-refractivity contribution >= 4 is 5.91 Å². The van der Waals surface area contributed by atoms with E-state index in [1.807, 2.05) is 48.2 Å². The Balaban J connectivity index is 1.89. The van der Waals surface area contributed by atoms with E-state index < -0.39 is 0 Å². The molecule has 1 unspecified atom stereocenters. The predicted octanol–water partition coefficient (Wildman–Crippen LogP) is 2.08. The topological polar surface area (TPSA) is 45.2 Å². The summed E-state index contributed by atoms with van der Waals surface area (Å²) < 4.78 is 0. The van der Waals surface area contributed by atoms with Crippen LogP contribution in [0, 0.1) is 6.20 Å². The second-order valence-corrected chi connectivity index (χ2v) is 5.55. The number of carbonyl (C=O) groups is 1. The molecule has 0 aliphatic carbocycles. The Morgan fingerprint density at radius 2 is 2.00 bits per heavy atom. The fourth-order valence-corrected chi connectivity index (χ4v) is 2.89. The molecule has 1 aliphatic rings. The molecule has 1 radical (unpaired) electrons. The molecule has 1 aliphatic heterocycles. The highest BCUT2D eigenvalue weighted by Crippen LogP contribution is 2.29. The zero-order valence-electron chi connectivity index (χ0n) is 12.7. The summed E-state index contributed by atoms with van der Waals surface area (Å²) in [6, 6.07) is 11.9. The average molecular weight is 294 g/mol. The van der Waals surface area contributed by atoms with Crippen molar-refractivity contribution in [3.05, 3.63) is 54.4 Å². The molecular weight excluding hydrogens is 274 g/mol. The van der Waals surface area contributed by atoms with Crippen LogP contribution in [0.5, 0.6) is 0 Å². The zero-order chi connectivity index (χ0) is 15.4. The van der Waals surface area contributed by atoms with E-state index in [1.165, 1.54) is 0 Å². The molecule has 2 aromatic rings. The Hall–Kier alpha value is -2.20. The number of pyridine rings is 1. The van der Waals surface area contributed by atoms with E-state index in [4.69, 9.17) is 0 Å². The van der Waals surface area contributed by atoms with Gasteiger partial charge in [-0.2, -0.15) is 0 Å². The van der Waals surface area contributed by atoms with Crippen LogP contribution in [0.2, 0.25) is 0 Å². The molecule has 1 fully saturated rings. The van der Waals surface area contributed by atoms with Crippen LogP contribution in [0.15, 0.2) is 42.6 Å². The quantitative estimate of drug-likeness (QED) is 0.943. The largest absolute Gasteiger partial charge is 0.340 e. The summed E-state index contributed by atoms with van der Waals surface area (Å²) in [5.41, 5.74) is 3.00. The fraction of sp³-hybridized carbons (Fsp3) is 0.333. The van der Waals surface area contributed by atoms with Gasteiger partial charge in [0.1, 0.15) is 0 Å². The summed E-state index contributed by atoms with van der Waals surface area (Å²) in [5.74, 6) is 0.0285. The van der Waals surface area contributed by atoms with Crippen molar-refractivity contribution in [1.82, 2.24) is 15.2 Å². The first-order valence-corrected chi connectivity index (χ1v) is 7.69. The van der Waals surface area contributed by atoms with Crippen LogP contribution < -0.4 is 5.32 Å². The second kappa shape index (κ2) is 6.71. The highest BCUT2D eigenvalue weighted by Gasteiger charge is 2.25. The lowest BCUT2D eigenvalue weighted by atomic mass is 9.91. The Labute approximate surface area is 131 Å². The minimum absolute atomic E-state index is 0.164.